The number of rotatable bonds is 0. The molecule has 1 heterocycles. The van der Waals surface area contributed by atoms with Crippen molar-refractivity contribution in [1.29, 1.82) is 0 Å². The summed E-state index contributed by atoms with van der Waals surface area (Å²) in [6.07, 6.45) is 6.01. The van der Waals surface area contributed by atoms with Crippen molar-refractivity contribution in [2.24, 2.45) is 0 Å². The maximum atomic E-state index is 6.50. The summed E-state index contributed by atoms with van der Waals surface area (Å²) >= 11 is 0. The van der Waals surface area contributed by atoms with Crippen LogP contribution >= 0.6 is 0 Å². The standard InChI is InChI=1S/C5H5O2/c1-2-5-6-3-4-7-5/h5H,3-4H2. The average molecular weight is 97.1 g/mol. The molecule has 1 rings (SSSR count). The van der Waals surface area contributed by atoms with Crippen molar-refractivity contribution in [1.82, 2.24) is 0 Å². The maximum Gasteiger partial charge on any atom is 0.223 e. The van der Waals surface area contributed by atoms with Gasteiger partial charge in [-0.05, 0) is 12.3 Å². The fourth-order valence-corrected chi connectivity index (χ4v) is 0.442. The molecule has 2 heteroatoms. The van der Waals surface area contributed by atoms with Crippen LogP contribution in [0.3, 0.4) is 0 Å². The Morgan fingerprint density at radius 3 is 2.29 bits per heavy atom. The molecule has 1 aliphatic heterocycles. The fraction of sp³-hybridized carbons (Fsp3) is 0.600. The van der Waals surface area contributed by atoms with Gasteiger partial charge < -0.3 is 9.47 Å². The second-order valence-electron chi connectivity index (χ2n) is 1.22. The summed E-state index contributed by atoms with van der Waals surface area (Å²) in [7, 11) is 0. The summed E-state index contributed by atoms with van der Waals surface area (Å²) in [6.45, 7) is 1.19. The highest BCUT2D eigenvalue weighted by Crippen LogP contribution is 1.99. The van der Waals surface area contributed by atoms with E-state index < -0.39 is 6.29 Å². The van der Waals surface area contributed by atoms with Crippen LogP contribution in [0.2, 0.25) is 0 Å². The molecule has 1 fully saturated rings. The lowest BCUT2D eigenvalue weighted by Gasteiger charge is -1.93. The first-order valence-electron chi connectivity index (χ1n) is 2.09. The minimum atomic E-state index is -0.486. The molecule has 0 atom stereocenters. The molecule has 1 radical (unpaired) electrons. The highest BCUT2D eigenvalue weighted by molar-refractivity contribution is 4.83. The molecular weight excluding hydrogens is 92.1 g/mol. The molecule has 0 aromatic rings. The van der Waals surface area contributed by atoms with Crippen molar-refractivity contribution >= 4 is 0 Å². The summed E-state index contributed by atoms with van der Waals surface area (Å²) < 4.78 is 9.56. The first-order valence-corrected chi connectivity index (χ1v) is 2.09. The van der Waals surface area contributed by atoms with E-state index >= 15 is 0 Å². The Labute approximate surface area is 42.4 Å². The van der Waals surface area contributed by atoms with E-state index in [1.807, 2.05) is 0 Å². The summed E-state index contributed by atoms with van der Waals surface area (Å²) in [5, 5.41) is 0. The van der Waals surface area contributed by atoms with E-state index in [-0.39, 0.29) is 0 Å². The number of ether oxygens (including phenoxy) is 2. The molecule has 37 valence electrons. The summed E-state index contributed by atoms with van der Waals surface area (Å²) in [5.74, 6) is 2.07. The van der Waals surface area contributed by atoms with E-state index in [4.69, 9.17) is 15.9 Å². The van der Waals surface area contributed by atoms with Crippen LogP contribution in [0.5, 0.6) is 0 Å². The van der Waals surface area contributed by atoms with Crippen molar-refractivity contribution < 1.29 is 9.47 Å². The van der Waals surface area contributed by atoms with Crippen molar-refractivity contribution in [2.75, 3.05) is 13.2 Å². The van der Waals surface area contributed by atoms with E-state index in [1.54, 1.807) is 0 Å². The number of hydrogen-bond donors (Lipinski definition) is 0. The Balaban J connectivity index is 2.31. The minimum Gasteiger partial charge on any atom is -0.340 e. The van der Waals surface area contributed by atoms with Crippen LogP contribution in [0.15, 0.2) is 0 Å². The molecule has 0 unspecified atom stereocenters. The second kappa shape index (κ2) is 1.97. The third-order valence-electron chi connectivity index (χ3n) is 0.740. The van der Waals surface area contributed by atoms with Crippen molar-refractivity contribution in [2.45, 2.75) is 6.29 Å². The van der Waals surface area contributed by atoms with Crippen LogP contribution in [-0.2, 0) is 9.47 Å². The van der Waals surface area contributed by atoms with Crippen molar-refractivity contribution in [3.63, 3.8) is 0 Å². The quantitative estimate of drug-likeness (QED) is 0.394. The fourth-order valence-electron chi connectivity index (χ4n) is 0.442. The van der Waals surface area contributed by atoms with Crippen LogP contribution < -0.4 is 0 Å². The van der Waals surface area contributed by atoms with Gasteiger partial charge in [-0.2, -0.15) is 0 Å². The van der Waals surface area contributed by atoms with E-state index in [0.717, 1.165) is 0 Å². The molecule has 0 N–H and O–H groups in total. The Morgan fingerprint density at radius 2 is 2.00 bits per heavy atom. The monoisotopic (exact) mass is 97.0 g/mol. The third-order valence-corrected chi connectivity index (χ3v) is 0.740. The highest BCUT2D eigenvalue weighted by atomic mass is 16.7. The predicted octanol–water partition coefficient (Wildman–Crippen LogP) is -0.0509. The van der Waals surface area contributed by atoms with E-state index in [9.17, 15) is 0 Å². The zero-order valence-electron chi connectivity index (χ0n) is 3.81. The zero-order chi connectivity index (χ0) is 5.11. The molecule has 0 spiro atoms. The van der Waals surface area contributed by atoms with Crippen LogP contribution in [0.25, 0.3) is 0 Å². The second-order valence-corrected chi connectivity index (χ2v) is 1.22. The molecule has 0 bridgehead atoms. The van der Waals surface area contributed by atoms with Crippen molar-refractivity contribution in [3.05, 3.63) is 6.42 Å². The summed E-state index contributed by atoms with van der Waals surface area (Å²) in [5.41, 5.74) is 0. The van der Waals surface area contributed by atoms with Crippen LogP contribution in [0.4, 0.5) is 0 Å². The van der Waals surface area contributed by atoms with Gasteiger partial charge in [-0.15, -0.1) is 0 Å². The maximum absolute atomic E-state index is 6.50. The van der Waals surface area contributed by atoms with E-state index in [0.29, 0.717) is 13.2 Å². The van der Waals surface area contributed by atoms with Gasteiger partial charge in [-0.25, -0.2) is 0 Å². The number of hydrogen-bond acceptors (Lipinski definition) is 2. The van der Waals surface area contributed by atoms with Crippen LogP contribution in [0.1, 0.15) is 0 Å². The van der Waals surface area contributed by atoms with Gasteiger partial charge in [-0.3, -0.25) is 0 Å². The average Bonchev–Trinajstić information content (AvgIpc) is 2.14. The van der Waals surface area contributed by atoms with Crippen LogP contribution in [-0.4, -0.2) is 19.5 Å². The van der Waals surface area contributed by atoms with Gasteiger partial charge >= 0.3 is 0 Å². The van der Waals surface area contributed by atoms with Gasteiger partial charge in [0.25, 0.3) is 0 Å². The van der Waals surface area contributed by atoms with Crippen molar-refractivity contribution in [3.8, 4) is 5.92 Å². The molecule has 0 aromatic heterocycles. The summed E-state index contributed by atoms with van der Waals surface area (Å²) in [4.78, 5) is 0. The first-order chi connectivity index (χ1) is 3.43. The van der Waals surface area contributed by atoms with Gasteiger partial charge in [0.1, 0.15) is 0 Å². The predicted molar refractivity (Wildman–Crippen MR) is 22.8 cm³/mol. The Hall–Kier alpha value is -0.520. The normalized spacial score (nSPS) is 22.1. The lowest BCUT2D eigenvalue weighted by atomic mass is 10.7. The lowest BCUT2D eigenvalue weighted by molar-refractivity contribution is 0.00630. The Kier molecular flexibility index (Phi) is 1.30. The molecule has 2 nitrogen and oxygen atoms in total. The van der Waals surface area contributed by atoms with Gasteiger partial charge in [0.15, 0.2) is 0 Å². The molecule has 0 saturated carbocycles. The van der Waals surface area contributed by atoms with Gasteiger partial charge in [0.2, 0.25) is 6.29 Å². The molecule has 0 aliphatic carbocycles. The molecule has 1 saturated heterocycles. The lowest BCUT2D eigenvalue weighted by Crippen LogP contribution is -2.01. The smallest absolute Gasteiger partial charge is 0.223 e. The Morgan fingerprint density at radius 1 is 1.43 bits per heavy atom. The third kappa shape index (κ3) is 0.923. The SMILES string of the molecule is [C]#CC1OCCO1. The topological polar surface area (TPSA) is 18.5 Å². The molecule has 0 amide bonds. The largest absolute Gasteiger partial charge is 0.340 e. The van der Waals surface area contributed by atoms with Gasteiger partial charge in [-0.1, -0.05) is 0 Å². The molecule has 1 aliphatic rings. The van der Waals surface area contributed by atoms with E-state index in [2.05, 4.69) is 5.92 Å². The van der Waals surface area contributed by atoms with E-state index in [1.165, 1.54) is 0 Å². The Bertz CT molecular complexity index is 86.7. The summed E-state index contributed by atoms with van der Waals surface area (Å²) in [6, 6.07) is 0. The van der Waals surface area contributed by atoms with Gasteiger partial charge in [0.05, 0.1) is 13.2 Å². The molecular formula is C5H5O2. The first kappa shape index (κ1) is 4.63. The zero-order valence-corrected chi connectivity index (χ0v) is 3.81. The van der Waals surface area contributed by atoms with Crippen LogP contribution in [0, 0.1) is 12.3 Å². The molecule has 0 aromatic carbocycles. The van der Waals surface area contributed by atoms with Gasteiger partial charge in [0, 0.05) is 0 Å². The minimum absolute atomic E-state index is 0.486. The molecule has 7 heavy (non-hydrogen) atoms. The highest BCUT2D eigenvalue weighted by Gasteiger charge is 2.10.